The van der Waals surface area contributed by atoms with Crippen molar-refractivity contribution in [3.8, 4) is 34.5 Å². The van der Waals surface area contributed by atoms with Crippen molar-refractivity contribution < 1.29 is 39.5 Å². The summed E-state index contributed by atoms with van der Waals surface area (Å²) in [5.74, 6) is 1.24. The molecule has 0 heterocycles. The summed E-state index contributed by atoms with van der Waals surface area (Å²) in [6, 6.07) is 18.6. The van der Waals surface area contributed by atoms with Gasteiger partial charge in [0.1, 0.15) is 34.5 Å². The molecule has 4 aromatic carbocycles. The number of carbonyl (C=O) groups is 2. The molecular weight excluding hydrogens is 536 g/mol. The normalized spacial score (nSPS) is 10.8. The molecule has 0 spiro atoms. The molecule has 4 aromatic rings. The molecule has 0 bridgehead atoms. The summed E-state index contributed by atoms with van der Waals surface area (Å²) in [6.07, 6.45) is 6.14. The highest BCUT2D eigenvalue weighted by Gasteiger charge is 2.10. The Morgan fingerprint density at radius 1 is 0.548 bits per heavy atom. The van der Waals surface area contributed by atoms with Crippen LogP contribution < -0.4 is 9.47 Å². The van der Waals surface area contributed by atoms with E-state index in [4.69, 9.17) is 9.47 Å². The van der Waals surface area contributed by atoms with E-state index in [-0.39, 0.29) is 34.6 Å². The van der Waals surface area contributed by atoms with Crippen LogP contribution in [0.25, 0.3) is 12.2 Å². The zero-order valence-electron chi connectivity index (χ0n) is 23.7. The number of rotatable bonds is 8. The number of benzene rings is 4. The number of phenolic OH excluding ortho intramolecular Hbond substituents is 4. The van der Waals surface area contributed by atoms with Gasteiger partial charge in [0.2, 0.25) is 0 Å². The fourth-order valence-corrected chi connectivity index (χ4v) is 3.98. The van der Waals surface area contributed by atoms with Crippen molar-refractivity contribution in [2.45, 2.75) is 13.8 Å². The lowest BCUT2D eigenvalue weighted by Crippen LogP contribution is -1.94. The van der Waals surface area contributed by atoms with Gasteiger partial charge in [0.15, 0.2) is 11.6 Å². The first-order valence-electron chi connectivity index (χ1n) is 12.8. The van der Waals surface area contributed by atoms with Gasteiger partial charge in [0.25, 0.3) is 0 Å². The number of allylic oxidation sites excluding steroid dienone is 2. The SMILES string of the molecule is COc1c(/C=C/C(=O)c2ccc(O)cc2)ccc(O)c1C.COc1c(/C=C/C(=O)c2ccc(O)cc2)ccc(O)c1C. The molecule has 4 rings (SSSR count). The number of phenols is 4. The zero-order valence-corrected chi connectivity index (χ0v) is 23.7. The second kappa shape index (κ2) is 14.2. The van der Waals surface area contributed by atoms with Crippen molar-refractivity contribution in [1.29, 1.82) is 0 Å². The Labute approximate surface area is 244 Å². The maximum Gasteiger partial charge on any atom is 0.185 e. The van der Waals surface area contributed by atoms with Gasteiger partial charge in [-0.25, -0.2) is 0 Å². The van der Waals surface area contributed by atoms with Crippen LogP contribution in [-0.2, 0) is 0 Å². The van der Waals surface area contributed by atoms with Crippen LogP contribution >= 0.6 is 0 Å². The first-order valence-corrected chi connectivity index (χ1v) is 12.8. The molecule has 0 aliphatic carbocycles. The fourth-order valence-electron chi connectivity index (χ4n) is 3.98. The molecule has 0 atom stereocenters. The Morgan fingerprint density at radius 3 is 1.19 bits per heavy atom. The third-order valence-corrected chi connectivity index (χ3v) is 6.36. The van der Waals surface area contributed by atoms with E-state index in [0.717, 1.165) is 0 Å². The molecule has 42 heavy (non-hydrogen) atoms. The van der Waals surface area contributed by atoms with E-state index in [1.165, 1.54) is 50.6 Å². The van der Waals surface area contributed by atoms with Crippen LogP contribution in [-0.4, -0.2) is 46.2 Å². The Balaban J connectivity index is 0.000000230. The monoisotopic (exact) mass is 568 g/mol. The van der Waals surface area contributed by atoms with Gasteiger partial charge in [-0.2, -0.15) is 0 Å². The molecule has 4 N–H and O–H groups in total. The van der Waals surface area contributed by atoms with Gasteiger partial charge in [0, 0.05) is 33.4 Å². The minimum absolute atomic E-state index is 0.117. The Morgan fingerprint density at radius 2 is 0.881 bits per heavy atom. The smallest absolute Gasteiger partial charge is 0.185 e. The van der Waals surface area contributed by atoms with Gasteiger partial charge in [-0.15, -0.1) is 0 Å². The lowest BCUT2D eigenvalue weighted by molar-refractivity contribution is 0.103. The van der Waals surface area contributed by atoms with E-state index in [1.807, 2.05) is 0 Å². The fraction of sp³-hybridized carbons (Fsp3) is 0.118. The van der Waals surface area contributed by atoms with Crippen LogP contribution in [0.15, 0.2) is 84.9 Å². The minimum Gasteiger partial charge on any atom is -0.508 e. The predicted molar refractivity (Wildman–Crippen MR) is 162 cm³/mol. The lowest BCUT2D eigenvalue weighted by Gasteiger charge is -2.09. The third-order valence-electron chi connectivity index (χ3n) is 6.36. The summed E-state index contributed by atoms with van der Waals surface area (Å²) in [7, 11) is 3.03. The number of ketones is 2. The van der Waals surface area contributed by atoms with Gasteiger partial charge < -0.3 is 29.9 Å². The topological polar surface area (TPSA) is 134 Å². The number of ether oxygens (including phenoxy) is 2. The highest BCUT2D eigenvalue weighted by molar-refractivity contribution is 6.07. The number of hydrogen-bond donors (Lipinski definition) is 4. The number of aromatic hydroxyl groups is 4. The van der Waals surface area contributed by atoms with Gasteiger partial charge in [0.05, 0.1) is 14.2 Å². The van der Waals surface area contributed by atoms with Crippen LogP contribution in [0.4, 0.5) is 0 Å². The maximum absolute atomic E-state index is 12.0. The summed E-state index contributed by atoms with van der Waals surface area (Å²) in [6.45, 7) is 3.49. The quantitative estimate of drug-likeness (QED) is 0.138. The van der Waals surface area contributed by atoms with Gasteiger partial charge in [-0.3, -0.25) is 9.59 Å². The first-order chi connectivity index (χ1) is 20.0. The van der Waals surface area contributed by atoms with Gasteiger partial charge in [-0.1, -0.05) is 0 Å². The van der Waals surface area contributed by atoms with Crippen molar-refractivity contribution >= 4 is 23.7 Å². The predicted octanol–water partition coefficient (Wildman–Crippen LogP) is 6.62. The average Bonchev–Trinajstić information content (AvgIpc) is 2.99. The van der Waals surface area contributed by atoms with Crippen LogP contribution in [0.5, 0.6) is 34.5 Å². The van der Waals surface area contributed by atoms with Gasteiger partial charge in [-0.05, 0) is 111 Å². The molecule has 0 unspecified atom stereocenters. The molecule has 0 radical (unpaired) electrons. The molecular formula is C34H32O8. The van der Waals surface area contributed by atoms with Gasteiger partial charge >= 0.3 is 0 Å². The van der Waals surface area contributed by atoms with Crippen LogP contribution in [0.2, 0.25) is 0 Å². The van der Waals surface area contributed by atoms with Crippen LogP contribution in [0.1, 0.15) is 43.0 Å². The summed E-state index contributed by atoms with van der Waals surface area (Å²) in [4.78, 5) is 24.0. The van der Waals surface area contributed by atoms with E-state index in [9.17, 15) is 30.0 Å². The highest BCUT2D eigenvalue weighted by atomic mass is 16.5. The molecule has 8 nitrogen and oxygen atoms in total. The van der Waals surface area contributed by atoms with E-state index >= 15 is 0 Å². The summed E-state index contributed by atoms with van der Waals surface area (Å²) in [5.41, 5.74) is 3.63. The number of methoxy groups -OCH3 is 2. The van der Waals surface area contributed by atoms with E-state index in [0.29, 0.717) is 44.9 Å². The molecule has 0 aliphatic heterocycles. The third kappa shape index (κ3) is 7.79. The Bertz CT molecular complexity index is 1490. The van der Waals surface area contributed by atoms with Crippen molar-refractivity contribution in [2.24, 2.45) is 0 Å². The molecule has 0 saturated carbocycles. The molecule has 8 heteroatoms. The standard InChI is InChI=1S/2C17H16O4/c2*1-11-15(19)9-5-13(17(11)21-2)6-10-16(20)12-3-7-14(18)8-4-12/h2*3-10,18-19H,1-2H3/b2*10-6+. The minimum atomic E-state index is -0.178. The summed E-state index contributed by atoms with van der Waals surface area (Å²) >= 11 is 0. The molecule has 216 valence electrons. The molecule has 0 fully saturated rings. The van der Waals surface area contributed by atoms with Crippen molar-refractivity contribution in [3.63, 3.8) is 0 Å². The molecule has 0 aliphatic rings. The maximum atomic E-state index is 12.0. The lowest BCUT2D eigenvalue weighted by atomic mass is 10.1. The average molecular weight is 569 g/mol. The molecule has 0 saturated heterocycles. The first kappa shape index (κ1) is 31.0. The second-order valence-corrected chi connectivity index (χ2v) is 9.15. The van der Waals surface area contributed by atoms with E-state index in [2.05, 4.69) is 0 Å². The number of hydrogen-bond acceptors (Lipinski definition) is 8. The Hall–Kier alpha value is -5.50. The summed E-state index contributed by atoms with van der Waals surface area (Å²) in [5, 5.41) is 37.7. The highest BCUT2D eigenvalue weighted by Crippen LogP contribution is 2.32. The largest absolute Gasteiger partial charge is 0.508 e. The molecule has 0 aromatic heterocycles. The van der Waals surface area contributed by atoms with Crippen LogP contribution in [0, 0.1) is 13.8 Å². The van der Waals surface area contributed by atoms with E-state index in [1.54, 1.807) is 74.5 Å². The Kier molecular flexibility index (Phi) is 10.5. The van der Waals surface area contributed by atoms with Crippen LogP contribution in [0.3, 0.4) is 0 Å². The van der Waals surface area contributed by atoms with E-state index < -0.39 is 0 Å². The van der Waals surface area contributed by atoms with Crippen molar-refractivity contribution in [3.05, 3.63) is 118 Å². The summed E-state index contributed by atoms with van der Waals surface area (Å²) < 4.78 is 10.5. The van der Waals surface area contributed by atoms with Crippen molar-refractivity contribution in [1.82, 2.24) is 0 Å². The van der Waals surface area contributed by atoms with Crippen molar-refractivity contribution in [2.75, 3.05) is 14.2 Å². The number of carbonyl (C=O) groups excluding carboxylic acids is 2. The second-order valence-electron chi connectivity index (χ2n) is 9.15. The zero-order chi connectivity index (χ0) is 30.8. The molecule has 0 amide bonds.